The molecule has 7 unspecified atom stereocenters. The molecule has 1 aromatic carbocycles. The first-order valence-corrected chi connectivity index (χ1v) is 12.7. The molecule has 1 saturated heterocycles. The lowest BCUT2D eigenvalue weighted by atomic mass is 9.59. The van der Waals surface area contributed by atoms with Crippen molar-refractivity contribution in [3.8, 4) is 0 Å². The molecule has 0 aromatic heterocycles. The molecular formula is C29H37NO5. The molecule has 3 N–H and O–H groups in total. The smallest absolute Gasteiger partial charge is 0.331 e. The number of carbonyl (C=O) groups excluding carboxylic acids is 2. The van der Waals surface area contributed by atoms with Crippen LogP contribution in [0.3, 0.4) is 0 Å². The third-order valence-electron chi connectivity index (χ3n) is 8.04. The van der Waals surface area contributed by atoms with Crippen LogP contribution in [0.5, 0.6) is 0 Å². The number of amides is 1. The number of rotatable bonds is 2. The number of nitrogens with one attached hydrogen (secondary N) is 1. The van der Waals surface area contributed by atoms with E-state index in [4.69, 9.17) is 4.74 Å². The van der Waals surface area contributed by atoms with Gasteiger partial charge in [0.15, 0.2) is 0 Å². The normalized spacial score (nSPS) is 38.2. The van der Waals surface area contributed by atoms with Gasteiger partial charge in [-0.1, -0.05) is 75.8 Å². The quantitative estimate of drug-likeness (QED) is 0.446. The van der Waals surface area contributed by atoms with E-state index in [9.17, 15) is 19.8 Å². The third-order valence-corrected chi connectivity index (χ3v) is 8.04. The Balaban J connectivity index is 1.78. The minimum Gasteiger partial charge on any atom is -0.445 e. The van der Waals surface area contributed by atoms with Crippen LogP contribution in [0.15, 0.2) is 66.8 Å². The summed E-state index contributed by atoms with van der Waals surface area (Å²) >= 11 is 0. The predicted molar refractivity (Wildman–Crippen MR) is 134 cm³/mol. The van der Waals surface area contributed by atoms with Gasteiger partial charge in [-0.05, 0) is 48.3 Å². The first-order chi connectivity index (χ1) is 16.7. The number of carbonyl (C=O) groups is 2. The van der Waals surface area contributed by atoms with Crippen molar-refractivity contribution in [2.45, 2.75) is 69.8 Å². The van der Waals surface area contributed by atoms with E-state index in [1.165, 1.54) is 12.2 Å². The summed E-state index contributed by atoms with van der Waals surface area (Å²) in [4.78, 5) is 26.8. The molecule has 2 heterocycles. The van der Waals surface area contributed by atoms with Gasteiger partial charge >= 0.3 is 5.97 Å². The molecule has 35 heavy (non-hydrogen) atoms. The van der Waals surface area contributed by atoms with Gasteiger partial charge in [0.2, 0.25) is 5.60 Å². The second-order valence-corrected chi connectivity index (χ2v) is 10.5. The number of esters is 1. The average Bonchev–Trinajstić information content (AvgIpc) is 3.09. The maximum atomic E-state index is 13.7. The lowest BCUT2D eigenvalue weighted by molar-refractivity contribution is -0.182. The lowest BCUT2D eigenvalue weighted by Gasteiger charge is -2.49. The molecule has 8 atom stereocenters. The minimum atomic E-state index is -1.57. The van der Waals surface area contributed by atoms with Gasteiger partial charge in [0.05, 0.1) is 18.1 Å². The van der Waals surface area contributed by atoms with E-state index >= 15 is 0 Å². The molecule has 1 spiro atoms. The van der Waals surface area contributed by atoms with Crippen molar-refractivity contribution < 1.29 is 24.5 Å². The average molecular weight is 480 g/mol. The Labute approximate surface area is 207 Å². The van der Waals surface area contributed by atoms with Crippen molar-refractivity contribution in [2.75, 3.05) is 0 Å². The van der Waals surface area contributed by atoms with Crippen molar-refractivity contribution in [3.05, 3.63) is 72.4 Å². The summed E-state index contributed by atoms with van der Waals surface area (Å²) in [5.74, 6) is -2.13. The van der Waals surface area contributed by atoms with E-state index in [-0.39, 0.29) is 17.9 Å². The summed E-state index contributed by atoms with van der Waals surface area (Å²) in [5, 5.41) is 24.7. The fraction of sp³-hybridized carbons (Fsp3) is 0.517. The molecule has 1 aromatic rings. The number of allylic oxidation sites excluding steroid dienone is 1. The Morgan fingerprint density at radius 3 is 2.60 bits per heavy atom. The number of aliphatic hydroxyl groups excluding tert-OH is 2. The van der Waals surface area contributed by atoms with Gasteiger partial charge in [-0.15, -0.1) is 0 Å². The van der Waals surface area contributed by atoms with Crippen molar-refractivity contribution in [2.24, 2.45) is 23.7 Å². The zero-order valence-corrected chi connectivity index (χ0v) is 20.6. The monoisotopic (exact) mass is 479 g/mol. The number of ether oxygens (including phenoxy) is 1. The topological polar surface area (TPSA) is 95.9 Å². The highest BCUT2D eigenvalue weighted by Gasteiger charge is 2.67. The van der Waals surface area contributed by atoms with Gasteiger partial charge in [0.1, 0.15) is 0 Å². The molecule has 6 heteroatoms. The van der Waals surface area contributed by atoms with E-state index < -0.39 is 35.6 Å². The lowest BCUT2D eigenvalue weighted by Crippen LogP contribution is -2.61. The first kappa shape index (κ1) is 25.4. The largest absolute Gasteiger partial charge is 0.445 e. The van der Waals surface area contributed by atoms with Crippen molar-refractivity contribution >= 4 is 11.9 Å². The number of hydrogen-bond donors (Lipinski definition) is 3. The van der Waals surface area contributed by atoms with E-state index in [0.29, 0.717) is 24.3 Å². The number of hydrogen-bond acceptors (Lipinski definition) is 5. The molecule has 188 valence electrons. The Hall–Kier alpha value is -2.70. The SMILES string of the molecule is C=C1C(C)C2C(Cc3ccccc3)NC(=O)[C@]23OC(=O)C=CC(O)CCCC(C)CC=CC3C1O. The minimum absolute atomic E-state index is 0.262. The third kappa shape index (κ3) is 5.00. The number of aliphatic hydroxyl groups is 2. The van der Waals surface area contributed by atoms with Crippen LogP contribution in [0, 0.1) is 23.7 Å². The van der Waals surface area contributed by atoms with Gasteiger partial charge in [0.25, 0.3) is 5.91 Å². The summed E-state index contributed by atoms with van der Waals surface area (Å²) in [5.41, 5.74) is 0.136. The highest BCUT2D eigenvalue weighted by atomic mass is 16.6. The zero-order valence-electron chi connectivity index (χ0n) is 20.6. The van der Waals surface area contributed by atoms with Gasteiger partial charge in [-0.25, -0.2) is 4.79 Å². The molecule has 2 aliphatic heterocycles. The van der Waals surface area contributed by atoms with E-state index in [0.717, 1.165) is 24.8 Å². The molecule has 2 fully saturated rings. The van der Waals surface area contributed by atoms with Crippen LogP contribution in [-0.4, -0.2) is 45.9 Å². The maximum absolute atomic E-state index is 13.7. The van der Waals surface area contributed by atoms with Crippen LogP contribution in [0.2, 0.25) is 0 Å². The van der Waals surface area contributed by atoms with Crippen LogP contribution in [0.1, 0.15) is 45.1 Å². The van der Waals surface area contributed by atoms with Gasteiger partial charge < -0.3 is 20.3 Å². The fourth-order valence-electron chi connectivity index (χ4n) is 6.09. The molecule has 1 aliphatic carbocycles. The zero-order chi connectivity index (χ0) is 25.2. The molecule has 0 radical (unpaired) electrons. The summed E-state index contributed by atoms with van der Waals surface area (Å²) in [6.45, 7) is 8.27. The molecule has 6 nitrogen and oxygen atoms in total. The van der Waals surface area contributed by atoms with Gasteiger partial charge in [-0.2, -0.15) is 0 Å². The van der Waals surface area contributed by atoms with Crippen LogP contribution in [0.4, 0.5) is 0 Å². The molecule has 0 bridgehead atoms. The maximum Gasteiger partial charge on any atom is 0.331 e. The summed E-state index contributed by atoms with van der Waals surface area (Å²) in [7, 11) is 0. The van der Waals surface area contributed by atoms with E-state index in [2.05, 4.69) is 18.8 Å². The van der Waals surface area contributed by atoms with Gasteiger partial charge in [0, 0.05) is 18.0 Å². The Morgan fingerprint density at radius 1 is 1.11 bits per heavy atom. The highest BCUT2D eigenvalue weighted by Crippen LogP contribution is 2.52. The van der Waals surface area contributed by atoms with Crippen molar-refractivity contribution in [3.63, 3.8) is 0 Å². The second-order valence-electron chi connectivity index (χ2n) is 10.5. The van der Waals surface area contributed by atoms with E-state index in [1.807, 2.05) is 49.4 Å². The number of benzene rings is 1. The Kier molecular flexibility index (Phi) is 7.62. The summed E-state index contributed by atoms with van der Waals surface area (Å²) in [6, 6.07) is 9.59. The standard InChI is InChI=1S/C29H37NO5/c1-18-9-7-13-22(31)15-16-25(32)35-29-23(14-8-10-18)27(33)20(3)19(2)26(29)24(30-28(29)34)17-21-11-5-4-6-12-21/h4-6,8,11-12,14-16,18-19,22-24,26-27,31,33H,3,7,9-10,13,17H2,1-2H3,(H,30,34)/t18?,19?,22?,23?,24?,26?,27?,29-/m1/s1. The van der Waals surface area contributed by atoms with Gasteiger partial charge in [-0.3, -0.25) is 4.79 Å². The Morgan fingerprint density at radius 2 is 1.86 bits per heavy atom. The van der Waals surface area contributed by atoms with Crippen LogP contribution in [0.25, 0.3) is 0 Å². The summed E-state index contributed by atoms with van der Waals surface area (Å²) < 4.78 is 6.05. The van der Waals surface area contributed by atoms with E-state index in [1.54, 1.807) is 0 Å². The summed E-state index contributed by atoms with van der Waals surface area (Å²) in [6.07, 6.45) is 8.39. The predicted octanol–water partition coefficient (Wildman–Crippen LogP) is 3.49. The molecular weight excluding hydrogens is 442 g/mol. The molecule has 1 amide bonds. The highest BCUT2D eigenvalue weighted by molar-refractivity contribution is 5.94. The molecule has 4 rings (SSSR count). The molecule has 3 aliphatic rings. The second kappa shape index (κ2) is 10.5. The molecule has 1 saturated carbocycles. The first-order valence-electron chi connectivity index (χ1n) is 12.7. The van der Waals surface area contributed by atoms with Crippen molar-refractivity contribution in [1.82, 2.24) is 5.32 Å². The van der Waals surface area contributed by atoms with Crippen molar-refractivity contribution in [1.29, 1.82) is 0 Å². The van der Waals surface area contributed by atoms with Crippen LogP contribution >= 0.6 is 0 Å². The van der Waals surface area contributed by atoms with Crippen LogP contribution < -0.4 is 5.32 Å². The fourth-order valence-corrected chi connectivity index (χ4v) is 6.09. The Bertz CT molecular complexity index is 1000. The van der Waals surface area contributed by atoms with Crippen LogP contribution in [-0.2, 0) is 20.7 Å².